The molecule has 2 heterocycles. The van der Waals surface area contributed by atoms with Gasteiger partial charge in [0.1, 0.15) is 5.82 Å². The topological polar surface area (TPSA) is 50.2 Å². The van der Waals surface area contributed by atoms with Crippen molar-refractivity contribution in [2.45, 2.75) is 6.92 Å². The lowest BCUT2D eigenvalue weighted by molar-refractivity contribution is 0.628. The van der Waals surface area contributed by atoms with Gasteiger partial charge in [-0.3, -0.25) is 10.4 Å². The molecule has 1 N–H and O–H groups in total. The third kappa shape index (κ3) is 3.35. The van der Waals surface area contributed by atoms with Gasteiger partial charge in [0.15, 0.2) is 0 Å². The molecule has 22 heavy (non-hydrogen) atoms. The summed E-state index contributed by atoms with van der Waals surface area (Å²) >= 11 is 1.45. The summed E-state index contributed by atoms with van der Waals surface area (Å²) < 4.78 is 12.9. The first kappa shape index (κ1) is 14.3. The van der Waals surface area contributed by atoms with E-state index in [9.17, 15) is 4.39 Å². The van der Waals surface area contributed by atoms with Crippen molar-refractivity contribution in [2.75, 3.05) is 5.43 Å². The van der Waals surface area contributed by atoms with Crippen LogP contribution in [-0.2, 0) is 0 Å². The van der Waals surface area contributed by atoms with Gasteiger partial charge in [0.25, 0.3) is 0 Å². The fourth-order valence-corrected chi connectivity index (χ4v) is 2.51. The Hall–Kier alpha value is -2.60. The molecule has 1 aromatic carbocycles. The van der Waals surface area contributed by atoms with Crippen LogP contribution < -0.4 is 5.43 Å². The zero-order valence-electron chi connectivity index (χ0n) is 11.8. The van der Waals surface area contributed by atoms with E-state index in [1.54, 1.807) is 24.5 Å². The van der Waals surface area contributed by atoms with Crippen molar-refractivity contribution >= 4 is 22.2 Å². The maximum atomic E-state index is 12.9. The maximum absolute atomic E-state index is 12.9. The third-order valence-corrected chi connectivity index (χ3v) is 3.79. The highest BCUT2D eigenvalue weighted by Gasteiger charge is 2.04. The van der Waals surface area contributed by atoms with Crippen molar-refractivity contribution < 1.29 is 4.39 Å². The number of hydrazone groups is 1. The average molecular weight is 312 g/mol. The second-order valence-electron chi connectivity index (χ2n) is 4.60. The lowest BCUT2D eigenvalue weighted by atomic mass is 10.2. The number of pyridine rings is 1. The van der Waals surface area contributed by atoms with Gasteiger partial charge in [0, 0.05) is 28.9 Å². The Balaban J connectivity index is 1.73. The standard InChI is InChI=1S/C16H13FN4S/c1-11(13-3-2-8-18-9-13)20-21-16-19-15(10-22-16)12-4-6-14(17)7-5-12/h2-10H,1H3,(H,19,21)/b20-11+. The van der Waals surface area contributed by atoms with Crippen molar-refractivity contribution in [3.63, 3.8) is 0 Å². The molecule has 0 aliphatic carbocycles. The van der Waals surface area contributed by atoms with Crippen LogP contribution in [-0.4, -0.2) is 15.7 Å². The van der Waals surface area contributed by atoms with Gasteiger partial charge in [-0.2, -0.15) is 5.10 Å². The molecule has 2 aromatic heterocycles. The summed E-state index contributed by atoms with van der Waals surface area (Å²) in [6.07, 6.45) is 3.48. The van der Waals surface area contributed by atoms with Gasteiger partial charge >= 0.3 is 0 Å². The average Bonchev–Trinajstić information content (AvgIpc) is 3.03. The Labute approximate surface area is 131 Å². The molecule has 0 amide bonds. The summed E-state index contributed by atoms with van der Waals surface area (Å²) in [5.74, 6) is -0.256. The van der Waals surface area contributed by atoms with Crippen LogP contribution in [0.25, 0.3) is 11.3 Å². The lowest BCUT2D eigenvalue weighted by Gasteiger charge is -2.00. The number of rotatable bonds is 4. The van der Waals surface area contributed by atoms with Crippen LogP contribution in [0.15, 0.2) is 59.3 Å². The van der Waals surface area contributed by atoms with Crippen LogP contribution in [0.3, 0.4) is 0 Å². The number of nitrogens with one attached hydrogen (secondary N) is 1. The molecular weight excluding hydrogens is 299 g/mol. The van der Waals surface area contributed by atoms with Gasteiger partial charge in [0.05, 0.1) is 11.4 Å². The highest BCUT2D eigenvalue weighted by Crippen LogP contribution is 2.25. The molecule has 4 nitrogen and oxygen atoms in total. The van der Waals surface area contributed by atoms with Crippen molar-refractivity contribution in [3.05, 3.63) is 65.6 Å². The van der Waals surface area contributed by atoms with E-state index in [0.717, 1.165) is 22.5 Å². The monoisotopic (exact) mass is 312 g/mol. The van der Waals surface area contributed by atoms with Crippen molar-refractivity contribution in [2.24, 2.45) is 5.10 Å². The fourth-order valence-electron chi connectivity index (χ4n) is 1.85. The minimum Gasteiger partial charge on any atom is -0.264 e. The Morgan fingerprint density at radius 3 is 2.77 bits per heavy atom. The van der Waals surface area contributed by atoms with Gasteiger partial charge in [-0.15, -0.1) is 11.3 Å². The molecule has 0 bridgehead atoms. The molecule has 0 aliphatic rings. The predicted octanol–water partition coefficient (Wildman–Crippen LogP) is 4.18. The molecule has 110 valence electrons. The molecule has 0 atom stereocenters. The molecule has 0 radical (unpaired) electrons. The molecule has 0 saturated heterocycles. The summed E-state index contributed by atoms with van der Waals surface area (Å²) in [4.78, 5) is 8.50. The summed E-state index contributed by atoms with van der Waals surface area (Å²) in [6, 6.07) is 10.1. The second-order valence-corrected chi connectivity index (χ2v) is 5.45. The third-order valence-electron chi connectivity index (χ3n) is 3.04. The van der Waals surface area contributed by atoms with Crippen molar-refractivity contribution in [1.82, 2.24) is 9.97 Å². The van der Waals surface area contributed by atoms with Crippen LogP contribution in [0.2, 0.25) is 0 Å². The van der Waals surface area contributed by atoms with E-state index >= 15 is 0 Å². The molecule has 6 heteroatoms. The number of benzene rings is 1. The van der Waals surface area contributed by atoms with E-state index in [1.807, 2.05) is 24.4 Å². The smallest absolute Gasteiger partial charge is 0.203 e. The van der Waals surface area contributed by atoms with Gasteiger partial charge in [0.2, 0.25) is 5.13 Å². The molecule has 0 saturated carbocycles. The quantitative estimate of drug-likeness (QED) is 0.581. The highest BCUT2D eigenvalue weighted by atomic mass is 32.1. The molecule has 3 aromatic rings. The van der Waals surface area contributed by atoms with E-state index in [2.05, 4.69) is 20.5 Å². The summed E-state index contributed by atoms with van der Waals surface area (Å²) in [5, 5.41) is 6.89. The van der Waals surface area contributed by atoms with Gasteiger partial charge in [-0.25, -0.2) is 9.37 Å². The maximum Gasteiger partial charge on any atom is 0.203 e. The number of nitrogens with zero attached hydrogens (tertiary/aromatic N) is 3. The number of anilines is 1. The van der Waals surface area contributed by atoms with Crippen molar-refractivity contribution in [3.8, 4) is 11.3 Å². The van der Waals surface area contributed by atoms with E-state index < -0.39 is 0 Å². The van der Waals surface area contributed by atoms with E-state index in [0.29, 0.717) is 5.13 Å². The van der Waals surface area contributed by atoms with Crippen LogP contribution in [0.5, 0.6) is 0 Å². The first-order valence-electron chi connectivity index (χ1n) is 6.64. The zero-order valence-corrected chi connectivity index (χ0v) is 12.6. The Bertz CT molecular complexity index is 781. The molecular formula is C16H13FN4S. The summed E-state index contributed by atoms with van der Waals surface area (Å²) in [5.41, 5.74) is 6.38. The number of hydrogen-bond acceptors (Lipinski definition) is 5. The lowest BCUT2D eigenvalue weighted by Crippen LogP contribution is -1.99. The molecule has 0 aliphatic heterocycles. The van der Waals surface area contributed by atoms with E-state index in [1.165, 1.54) is 23.5 Å². The van der Waals surface area contributed by atoms with Crippen LogP contribution >= 0.6 is 11.3 Å². The fraction of sp³-hybridized carbons (Fsp3) is 0.0625. The van der Waals surface area contributed by atoms with Gasteiger partial charge in [-0.1, -0.05) is 6.07 Å². The number of thiazole rings is 1. The zero-order chi connectivity index (χ0) is 15.4. The Kier molecular flexibility index (Phi) is 4.20. The second kappa shape index (κ2) is 6.44. The van der Waals surface area contributed by atoms with Gasteiger partial charge in [-0.05, 0) is 37.3 Å². The van der Waals surface area contributed by atoms with E-state index in [-0.39, 0.29) is 5.82 Å². The molecule has 3 rings (SSSR count). The van der Waals surface area contributed by atoms with Crippen LogP contribution in [0.1, 0.15) is 12.5 Å². The number of hydrogen-bond donors (Lipinski definition) is 1. The summed E-state index contributed by atoms with van der Waals surface area (Å²) in [7, 11) is 0. The highest BCUT2D eigenvalue weighted by molar-refractivity contribution is 7.14. The Morgan fingerprint density at radius 1 is 1.23 bits per heavy atom. The predicted molar refractivity (Wildman–Crippen MR) is 87.6 cm³/mol. The normalized spacial score (nSPS) is 11.5. The first-order valence-corrected chi connectivity index (χ1v) is 7.52. The van der Waals surface area contributed by atoms with Gasteiger partial charge < -0.3 is 0 Å². The largest absolute Gasteiger partial charge is 0.264 e. The molecule has 0 spiro atoms. The SMILES string of the molecule is C/C(=N\Nc1nc(-c2ccc(F)cc2)cs1)c1cccnc1. The molecule has 0 fully saturated rings. The number of halogens is 1. The first-order chi connectivity index (χ1) is 10.7. The minimum absolute atomic E-state index is 0.256. The van der Waals surface area contributed by atoms with Crippen molar-refractivity contribution in [1.29, 1.82) is 0 Å². The number of aromatic nitrogens is 2. The van der Waals surface area contributed by atoms with Crippen LogP contribution in [0, 0.1) is 5.82 Å². The molecule has 0 unspecified atom stereocenters. The van der Waals surface area contributed by atoms with Crippen LogP contribution in [0.4, 0.5) is 9.52 Å². The van der Waals surface area contributed by atoms with E-state index in [4.69, 9.17) is 0 Å². The summed E-state index contributed by atoms with van der Waals surface area (Å²) in [6.45, 7) is 1.90. The Morgan fingerprint density at radius 2 is 2.05 bits per heavy atom. The minimum atomic E-state index is -0.256.